The lowest BCUT2D eigenvalue weighted by Gasteiger charge is -2.22. The Morgan fingerprint density at radius 3 is 1.00 bits per heavy atom. The van der Waals surface area contributed by atoms with Crippen LogP contribution in [0.25, 0.3) is 0 Å². The zero-order valence-electron chi connectivity index (χ0n) is 27.1. The Morgan fingerprint density at radius 1 is 0.319 bits per heavy atom. The molecule has 0 heterocycles. The van der Waals surface area contributed by atoms with Crippen molar-refractivity contribution < 1.29 is 23.7 Å². The van der Waals surface area contributed by atoms with Crippen molar-refractivity contribution in [2.45, 2.75) is 11.8 Å². The highest BCUT2D eigenvalue weighted by molar-refractivity contribution is 5.55. The van der Waals surface area contributed by atoms with Gasteiger partial charge < -0.3 is 23.7 Å². The minimum atomic E-state index is -0.0406. The molecule has 0 saturated heterocycles. The number of benzene rings is 6. The number of ether oxygens (including phenoxy) is 5. The van der Waals surface area contributed by atoms with E-state index in [0.29, 0.717) is 23.0 Å². The van der Waals surface area contributed by atoms with Crippen LogP contribution < -0.4 is 23.7 Å². The van der Waals surface area contributed by atoms with E-state index in [1.54, 1.807) is 28.4 Å². The van der Waals surface area contributed by atoms with Crippen LogP contribution >= 0.6 is 0 Å². The first-order chi connectivity index (χ1) is 23.1. The summed E-state index contributed by atoms with van der Waals surface area (Å²) in [6.45, 7) is 0. The van der Waals surface area contributed by atoms with Crippen molar-refractivity contribution in [3.8, 4) is 34.5 Å². The first-order valence-corrected chi connectivity index (χ1v) is 15.5. The summed E-state index contributed by atoms with van der Waals surface area (Å²) in [5, 5.41) is 0. The Balaban J connectivity index is 1.43. The van der Waals surface area contributed by atoms with Gasteiger partial charge in [-0.2, -0.15) is 0 Å². The van der Waals surface area contributed by atoms with Gasteiger partial charge in [-0.3, -0.25) is 0 Å². The van der Waals surface area contributed by atoms with E-state index in [1.165, 1.54) is 11.1 Å². The molecule has 0 amide bonds. The maximum absolute atomic E-state index is 6.73. The highest BCUT2D eigenvalue weighted by atomic mass is 16.5. The number of hydrogen-bond acceptors (Lipinski definition) is 5. The molecule has 236 valence electrons. The standard InChI is InChI=1S/C42H38O5/c1-43-35-21-15-31(16-22-35)41(29-11-7-5-8-12-29)33-19-25-37(45-3)39(27-33)47-40-28-34(20-26-38(40)46-4)42(30-13-9-6-10-14-30)32-17-23-36(44-2)24-18-32/h5-28,41-42H,1-4H3. The molecule has 5 heteroatoms. The molecule has 0 aliphatic rings. The Hall–Kier alpha value is -5.68. The van der Waals surface area contributed by atoms with Gasteiger partial charge in [0.05, 0.1) is 28.4 Å². The second-order valence-electron chi connectivity index (χ2n) is 11.2. The molecule has 0 spiro atoms. The molecular formula is C42H38O5. The SMILES string of the molecule is COc1ccc(C(c2ccccc2)c2ccc(OC)c(Oc3cc(C(c4ccccc4)c4ccc(OC)cc4)ccc3OC)c2)cc1. The predicted octanol–water partition coefficient (Wildman–Crippen LogP) is 9.87. The van der Waals surface area contributed by atoms with Crippen LogP contribution in [0.3, 0.4) is 0 Å². The fraction of sp³-hybridized carbons (Fsp3) is 0.143. The minimum absolute atomic E-state index is 0.0406. The lowest BCUT2D eigenvalue weighted by molar-refractivity contribution is 0.356. The third-order valence-electron chi connectivity index (χ3n) is 8.43. The molecule has 6 aromatic rings. The van der Waals surface area contributed by atoms with Crippen molar-refractivity contribution in [3.05, 3.63) is 179 Å². The van der Waals surface area contributed by atoms with Gasteiger partial charge in [0.2, 0.25) is 0 Å². The fourth-order valence-electron chi connectivity index (χ4n) is 6.06. The van der Waals surface area contributed by atoms with Crippen LogP contribution in [-0.2, 0) is 0 Å². The van der Waals surface area contributed by atoms with E-state index in [-0.39, 0.29) is 11.8 Å². The Kier molecular flexibility index (Phi) is 9.73. The van der Waals surface area contributed by atoms with Crippen LogP contribution in [0.4, 0.5) is 0 Å². The van der Waals surface area contributed by atoms with Gasteiger partial charge >= 0.3 is 0 Å². The van der Waals surface area contributed by atoms with Gasteiger partial charge in [-0.15, -0.1) is 0 Å². The lowest BCUT2D eigenvalue weighted by Crippen LogP contribution is -2.05. The summed E-state index contributed by atoms with van der Waals surface area (Å²) in [6.07, 6.45) is 0. The lowest BCUT2D eigenvalue weighted by atomic mass is 9.85. The summed E-state index contributed by atoms with van der Waals surface area (Å²) in [5.41, 5.74) is 6.73. The van der Waals surface area contributed by atoms with Gasteiger partial charge in [0.15, 0.2) is 23.0 Å². The van der Waals surface area contributed by atoms with E-state index in [2.05, 4.69) is 97.1 Å². The van der Waals surface area contributed by atoms with E-state index in [9.17, 15) is 0 Å². The highest BCUT2D eigenvalue weighted by Gasteiger charge is 2.22. The number of methoxy groups -OCH3 is 4. The van der Waals surface area contributed by atoms with Gasteiger partial charge in [0.25, 0.3) is 0 Å². The van der Waals surface area contributed by atoms with Crippen LogP contribution in [0, 0.1) is 0 Å². The molecule has 0 radical (unpaired) electrons. The molecule has 6 rings (SSSR count). The first kappa shape index (κ1) is 31.3. The van der Waals surface area contributed by atoms with Crippen molar-refractivity contribution in [1.82, 2.24) is 0 Å². The number of hydrogen-bond donors (Lipinski definition) is 0. The summed E-state index contributed by atoms with van der Waals surface area (Å²) in [7, 11) is 6.67. The first-order valence-electron chi connectivity index (χ1n) is 15.5. The highest BCUT2D eigenvalue weighted by Crippen LogP contribution is 2.43. The molecule has 2 unspecified atom stereocenters. The summed E-state index contributed by atoms with van der Waals surface area (Å²) in [4.78, 5) is 0. The second-order valence-corrected chi connectivity index (χ2v) is 11.2. The zero-order chi connectivity index (χ0) is 32.6. The maximum atomic E-state index is 6.73. The average Bonchev–Trinajstić information content (AvgIpc) is 3.13. The minimum Gasteiger partial charge on any atom is -0.497 e. The zero-order valence-corrected chi connectivity index (χ0v) is 27.1. The third-order valence-corrected chi connectivity index (χ3v) is 8.43. The maximum Gasteiger partial charge on any atom is 0.169 e. The van der Waals surface area contributed by atoms with E-state index in [1.807, 2.05) is 48.5 Å². The van der Waals surface area contributed by atoms with E-state index in [0.717, 1.165) is 33.8 Å². The Bertz CT molecular complexity index is 1740. The van der Waals surface area contributed by atoms with Crippen LogP contribution in [-0.4, -0.2) is 28.4 Å². The van der Waals surface area contributed by atoms with Crippen molar-refractivity contribution in [2.24, 2.45) is 0 Å². The molecule has 2 atom stereocenters. The third kappa shape index (κ3) is 6.95. The molecule has 0 aliphatic carbocycles. The quantitative estimate of drug-likeness (QED) is 0.127. The molecule has 0 aliphatic heterocycles. The van der Waals surface area contributed by atoms with Gasteiger partial charge in [-0.25, -0.2) is 0 Å². The molecule has 5 nitrogen and oxygen atoms in total. The largest absolute Gasteiger partial charge is 0.497 e. The average molecular weight is 623 g/mol. The van der Waals surface area contributed by atoms with Crippen LogP contribution in [0.5, 0.6) is 34.5 Å². The molecule has 0 bridgehead atoms. The van der Waals surface area contributed by atoms with Crippen molar-refractivity contribution >= 4 is 0 Å². The van der Waals surface area contributed by atoms with Gasteiger partial charge in [-0.05, 0) is 81.9 Å². The molecule has 0 fully saturated rings. The van der Waals surface area contributed by atoms with Crippen molar-refractivity contribution in [2.75, 3.05) is 28.4 Å². The van der Waals surface area contributed by atoms with Gasteiger partial charge in [0, 0.05) is 11.8 Å². The van der Waals surface area contributed by atoms with Gasteiger partial charge in [-0.1, -0.05) is 97.1 Å². The molecule has 6 aromatic carbocycles. The normalized spacial score (nSPS) is 12.1. The molecule has 0 aromatic heterocycles. The summed E-state index contributed by atoms with van der Waals surface area (Å²) in [5.74, 6) is 3.98. The summed E-state index contributed by atoms with van der Waals surface area (Å²) >= 11 is 0. The Morgan fingerprint density at radius 2 is 0.660 bits per heavy atom. The predicted molar refractivity (Wildman–Crippen MR) is 187 cm³/mol. The second kappa shape index (κ2) is 14.6. The van der Waals surface area contributed by atoms with Crippen LogP contribution in [0.1, 0.15) is 45.2 Å². The van der Waals surface area contributed by atoms with E-state index in [4.69, 9.17) is 23.7 Å². The van der Waals surface area contributed by atoms with Crippen LogP contribution in [0.2, 0.25) is 0 Å². The molecule has 0 N–H and O–H groups in total. The van der Waals surface area contributed by atoms with Crippen molar-refractivity contribution in [3.63, 3.8) is 0 Å². The van der Waals surface area contributed by atoms with E-state index < -0.39 is 0 Å². The topological polar surface area (TPSA) is 46.2 Å². The smallest absolute Gasteiger partial charge is 0.169 e. The summed E-state index contributed by atoms with van der Waals surface area (Å²) < 4.78 is 29.2. The van der Waals surface area contributed by atoms with Gasteiger partial charge in [0.1, 0.15) is 11.5 Å². The molecule has 47 heavy (non-hydrogen) atoms. The van der Waals surface area contributed by atoms with Crippen LogP contribution in [0.15, 0.2) is 146 Å². The van der Waals surface area contributed by atoms with Crippen molar-refractivity contribution in [1.29, 1.82) is 0 Å². The molecular weight excluding hydrogens is 584 g/mol. The fourth-order valence-corrected chi connectivity index (χ4v) is 6.06. The monoisotopic (exact) mass is 622 g/mol. The Labute approximate surface area is 276 Å². The number of rotatable bonds is 12. The molecule has 0 saturated carbocycles. The summed E-state index contributed by atoms with van der Waals surface area (Å²) in [6, 6.07) is 49.6. The van der Waals surface area contributed by atoms with E-state index >= 15 is 0 Å².